The number of benzene rings is 1. The first-order valence-corrected chi connectivity index (χ1v) is 6.43. The van der Waals surface area contributed by atoms with E-state index in [9.17, 15) is 4.79 Å². The third kappa shape index (κ3) is 2.67. The van der Waals surface area contributed by atoms with Crippen LogP contribution in [0.3, 0.4) is 0 Å². The van der Waals surface area contributed by atoms with Crippen molar-refractivity contribution >= 4 is 5.97 Å². The van der Waals surface area contributed by atoms with Crippen molar-refractivity contribution in [2.24, 2.45) is 0 Å². The van der Waals surface area contributed by atoms with Crippen LogP contribution < -0.4 is 0 Å². The molecule has 0 aliphatic rings. The molecule has 1 aromatic carbocycles. The zero-order valence-electron chi connectivity index (χ0n) is 11.4. The molecule has 1 aromatic heterocycles. The number of imidazole rings is 1. The van der Waals surface area contributed by atoms with Gasteiger partial charge in [-0.1, -0.05) is 38.1 Å². The van der Waals surface area contributed by atoms with Crippen molar-refractivity contribution in [2.45, 2.75) is 33.1 Å². The van der Waals surface area contributed by atoms with Crippen molar-refractivity contribution in [1.29, 1.82) is 0 Å². The second-order valence-electron chi connectivity index (χ2n) is 4.78. The van der Waals surface area contributed by atoms with Gasteiger partial charge in [0.1, 0.15) is 11.5 Å². The Morgan fingerprint density at radius 3 is 2.53 bits per heavy atom. The molecule has 1 atom stereocenters. The van der Waals surface area contributed by atoms with E-state index in [1.54, 1.807) is 6.92 Å². The number of carboxylic acids is 1. The van der Waals surface area contributed by atoms with Crippen LogP contribution in [-0.2, 0) is 0 Å². The molecule has 0 saturated heterocycles. The first kappa shape index (κ1) is 13.3. The molecule has 4 nitrogen and oxygen atoms in total. The second-order valence-corrected chi connectivity index (χ2v) is 4.78. The van der Waals surface area contributed by atoms with Gasteiger partial charge in [-0.3, -0.25) is 0 Å². The minimum Gasteiger partial charge on any atom is -0.477 e. The quantitative estimate of drug-likeness (QED) is 0.880. The Kier molecular flexibility index (Phi) is 3.69. The lowest BCUT2D eigenvalue weighted by atomic mass is 9.97. The van der Waals surface area contributed by atoms with Crippen molar-refractivity contribution in [3.8, 4) is 11.3 Å². The number of nitrogens with zero attached hydrogens (tertiary/aromatic N) is 1. The van der Waals surface area contributed by atoms with Crippen LogP contribution in [0.2, 0.25) is 0 Å². The molecular weight excluding hydrogens is 240 g/mol. The van der Waals surface area contributed by atoms with Gasteiger partial charge in [0, 0.05) is 5.56 Å². The van der Waals surface area contributed by atoms with Crippen LogP contribution in [0, 0.1) is 6.92 Å². The smallest absolute Gasteiger partial charge is 0.354 e. The summed E-state index contributed by atoms with van der Waals surface area (Å²) in [7, 11) is 0. The summed E-state index contributed by atoms with van der Waals surface area (Å²) in [5.41, 5.74) is 2.73. The van der Waals surface area contributed by atoms with Crippen molar-refractivity contribution in [3.63, 3.8) is 0 Å². The number of carbonyl (C=O) groups is 1. The first-order chi connectivity index (χ1) is 9.02. The third-order valence-electron chi connectivity index (χ3n) is 3.40. The van der Waals surface area contributed by atoms with E-state index in [1.165, 1.54) is 5.56 Å². The van der Waals surface area contributed by atoms with E-state index < -0.39 is 5.97 Å². The molecule has 4 heteroatoms. The number of hydrogen-bond acceptors (Lipinski definition) is 2. The summed E-state index contributed by atoms with van der Waals surface area (Å²) in [5, 5.41) is 9.15. The number of rotatable bonds is 4. The molecule has 1 unspecified atom stereocenters. The van der Waals surface area contributed by atoms with Gasteiger partial charge in [-0.2, -0.15) is 0 Å². The van der Waals surface area contributed by atoms with Gasteiger partial charge in [0.05, 0.1) is 0 Å². The van der Waals surface area contributed by atoms with Crippen molar-refractivity contribution in [1.82, 2.24) is 9.97 Å². The molecule has 0 fully saturated rings. The Balaban J connectivity index is 2.40. The molecule has 19 heavy (non-hydrogen) atoms. The number of aromatic carboxylic acids is 1. The normalized spacial score (nSPS) is 12.4. The predicted octanol–water partition coefficient (Wildman–Crippen LogP) is 3.60. The molecule has 2 aromatic rings. The van der Waals surface area contributed by atoms with Crippen LogP contribution in [0.1, 0.15) is 48.1 Å². The number of H-pyrrole nitrogens is 1. The predicted molar refractivity (Wildman–Crippen MR) is 74.4 cm³/mol. The van der Waals surface area contributed by atoms with E-state index >= 15 is 0 Å². The van der Waals surface area contributed by atoms with E-state index in [1.807, 2.05) is 24.3 Å². The highest BCUT2D eigenvalue weighted by Gasteiger charge is 2.16. The lowest BCUT2D eigenvalue weighted by Crippen LogP contribution is -1.99. The van der Waals surface area contributed by atoms with Crippen molar-refractivity contribution in [2.75, 3.05) is 0 Å². The maximum absolute atomic E-state index is 11.2. The number of carboxylic acid groups (broad SMARTS) is 1. The molecule has 1 heterocycles. The average Bonchev–Trinajstić information content (AvgIpc) is 2.80. The Bertz CT molecular complexity index is 585. The number of hydrogen-bond donors (Lipinski definition) is 2. The van der Waals surface area contributed by atoms with Crippen LogP contribution >= 0.6 is 0 Å². The molecule has 0 aliphatic heterocycles. The molecule has 0 saturated carbocycles. The van der Waals surface area contributed by atoms with E-state index in [2.05, 4.69) is 23.8 Å². The van der Waals surface area contributed by atoms with Crippen LogP contribution in [0.4, 0.5) is 0 Å². The number of nitrogens with one attached hydrogen (secondary N) is 1. The zero-order chi connectivity index (χ0) is 14.0. The van der Waals surface area contributed by atoms with E-state index in [-0.39, 0.29) is 5.69 Å². The molecule has 2 N–H and O–H groups in total. The maximum Gasteiger partial charge on any atom is 0.354 e. The van der Waals surface area contributed by atoms with E-state index in [0.717, 1.165) is 12.0 Å². The van der Waals surface area contributed by atoms with Crippen molar-refractivity contribution < 1.29 is 9.90 Å². The third-order valence-corrected chi connectivity index (χ3v) is 3.40. The van der Waals surface area contributed by atoms with Gasteiger partial charge in [0.2, 0.25) is 0 Å². The number of aryl methyl sites for hydroxylation is 1. The van der Waals surface area contributed by atoms with Gasteiger partial charge in [-0.15, -0.1) is 0 Å². The highest BCUT2D eigenvalue weighted by Crippen LogP contribution is 2.25. The summed E-state index contributed by atoms with van der Waals surface area (Å²) in [4.78, 5) is 18.2. The van der Waals surface area contributed by atoms with Crippen LogP contribution in [0.15, 0.2) is 24.3 Å². The molecule has 0 amide bonds. The molecule has 2 rings (SSSR count). The molecule has 0 spiro atoms. The summed E-state index contributed by atoms with van der Waals surface area (Å²) in [6, 6.07) is 7.95. The highest BCUT2D eigenvalue weighted by molar-refractivity contribution is 5.92. The van der Waals surface area contributed by atoms with Crippen LogP contribution in [0.5, 0.6) is 0 Å². The fourth-order valence-electron chi connectivity index (χ4n) is 2.06. The fourth-order valence-corrected chi connectivity index (χ4v) is 2.06. The Morgan fingerprint density at radius 2 is 2.00 bits per heavy atom. The molecule has 0 aliphatic carbocycles. The number of aromatic amines is 1. The highest BCUT2D eigenvalue weighted by atomic mass is 16.4. The summed E-state index contributed by atoms with van der Waals surface area (Å²) in [5.74, 6) is 0.133. The van der Waals surface area contributed by atoms with Crippen LogP contribution in [-0.4, -0.2) is 21.0 Å². The van der Waals surface area contributed by atoms with Crippen LogP contribution in [0.25, 0.3) is 11.3 Å². The molecule has 0 bridgehead atoms. The van der Waals surface area contributed by atoms with Gasteiger partial charge in [0.25, 0.3) is 0 Å². The lowest BCUT2D eigenvalue weighted by Gasteiger charge is -2.09. The summed E-state index contributed by atoms with van der Waals surface area (Å²) < 4.78 is 0. The second kappa shape index (κ2) is 5.26. The number of aromatic nitrogens is 2. The Labute approximate surface area is 112 Å². The first-order valence-electron chi connectivity index (χ1n) is 6.43. The van der Waals surface area contributed by atoms with Gasteiger partial charge in [-0.25, -0.2) is 9.78 Å². The largest absolute Gasteiger partial charge is 0.477 e. The fraction of sp³-hybridized carbons (Fsp3) is 0.333. The van der Waals surface area contributed by atoms with Gasteiger partial charge in [-0.05, 0) is 24.8 Å². The van der Waals surface area contributed by atoms with E-state index in [4.69, 9.17) is 5.11 Å². The lowest BCUT2D eigenvalue weighted by molar-refractivity contribution is 0.0692. The average molecular weight is 258 g/mol. The minimum atomic E-state index is -0.985. The molecular formula is C15H18N2O2. The SMILES string of the molecule is CCC(C)c1ccc(-c2nc(C)[nH]c2C(=O)O)cc1. The standard InChI is InChI=1S/C15H18N2O2/c1-4-9(2)11-5-7-12(8-6-11)13-14(15(18)19)17-10(3)16-13/h5-9H,4H2,1-3H3,(H,16,17)(H,18,19). The zero-order valence-corrected chi connectivity index (χ0v) is 11.4. The molecule has 100 valence electrons. The maximum atomic E-state index is 11.2. The minimum absolute atomic E-state index is 0.147. The van der Waals surface area contributed by atoms with Gasteiger partial charge < -0.3 is 10.1 Å². The topological polar surface area (TPSA) is 66.0 Å². The summed E-state index contributed by atoms with van der Waals surface area (Å²) >= 11 is 0. The molecule has 0 radical (unpaired) electrons. The monoisotopic (exact) mass is 258 g/mol. The van der Waals surface area contributed by atoms with Gasteiger partial charge >= 0.3 is 5.97 Å². The van der Waals surface area contributed by atoms with Crippen molar-refractivity contribution in [3.05, 3.63) is 41.3 Å². The summed E-state index contributed by atoms with van der Waals surface area (Å²) in [6.07, 6.45) is 1.08. The van der Waals surface area contributed by atoms with E-state index in [0.29, 0.717) is 17.4 Å². The Morgan fingerprint density at radius 1 is 1.37 bits per heavy atom. The van der Waals surface area contributed by atoms with Gasteiger partial charge in [0.15, 0.2) is 5.69 Å². The Hall–Kier alpha value is -2.10. The summed E-state index contributed by atoms with van der Waals surface area (Å²) in [6.45, 7) is 6.08.